The van der Waals surface area contributed by atoms with Crippen LogP contribution < -0.4 is 10.2 Å². The first-order chi connectivity index (χ1) is 12.7. The van der Waals surface area contributed by atoms with Gasteiger partial charge in [0, 0.05) is 42.8 Å². The molecule has 3 aromatic heterocycles. The standard InChI is InChI=1S/C17H19N7OS/c1-12-9-26-17(21-12)22-16(25)13-2-5-23(6-3-13)14-8-15(20-10-19-14)24-7-4-18-11-24/h4,7-11,13H,2-3,5-6H2,1H3,(H,21,22,25). The minimum atomic E-state index is 0.00501. The summed E-state index contributed by atoms with van der Waals surface area (Å²) in [6.07, 6.45) is 8.43. The smallest absolute Gasteiger partial charge is 0.229 e. The van der Waals surface area contributed by atoms with E-state index in [-0.39, 0.29) is 11.8 Å². The van der Waals surface area contributed by atoms with E-state index in [0.29, 0.717) is 5.13 Å². The van der Waals surface area contributed by atoms with E-state index in [4.69, 9.17) is 0 Å². The van der Waals surface area contributed by atoms with Gasteiger partial charge in [-0.25, -0.2) is 19.9 Å². The van der Waals surface area contributed by atoms with Gasteiger partial charge in [-0.3, -0.25) is 9.36 Å². The molecule has 1 N–H and O–H groups in total. The van der Waals surface area contributed by atoms with E-state index in [1.807, 2.05) is 29.1 Å². The molecule has 0 bridgehead atoms. The first kappa shape index (κ1) is 16.6. The Morgan fingerprint density at radius 2 is 2.08 bits per heavy atom. The number of nitrogens with zero attached hydrogens (tertiary/aromatic N) is 6. The third-order valence-corrected chi connectivity index (χ3v) is 5.32. The van der Waals surface area contributed by atoms with Gasteiger partial charge in [0.25, 0.3) is 0 Å². The van der Waals surface area contributed by atoms with E-state index in [9.17, 15) is 4.79 Å². The van der Waals surface area contributed by atoms with Gasteiger partial charge >= 0.3 is 0 Å². The first-order valence-electron chi connectivity index (χ1n) is 8.47. The molecule has 3 aromatic rings. The Hall–Kier alpha value is -2.81. The largest absolute Gasteiger partial charge is 0.356 e. The summed E-state index contributed by atoms with van der Waals surface area (Å²) in [7, 11) is 0. The third-order valence-electron chi connectivity index (χ3n) is 4.45. The van der Waals surface area contributed by atoms with Crippen LogP contribution in [0.5, 0.6) is 0 Å². The number of carbonyl (C=O) groups is 1. The minimum Gasteiger partial charge on any atom is -0.356 e. The third kappa shape index (κ3) is 3.57. The number of nitrogens with one attached hydrogen (secondary N) is 1. The van der Waals surface area contributed by atoms with Crippen LogP contribution in [0.4, 0.5) is 10.9 Å². The fourth-order valence-corrected chi connectivity index (χ4v) is 3.73. The zero-order valence-corrected chi connectivity index (χ0v) is 15.2. The van der Waals surface area contributed by atoms with Crippen LogP contribution in [0.2, 0.25) is 0 Å². The molecule has 0 aromatic carbocycles. The van der Waals surface area contributed by atoms with Gasteiger partial charge in [0.15, 0.2) is 5.13 Å². The van der Waals surface area contributed by atoms with Crippen molar-refractivity contribution < 1.29 is 4.79 Å². The van der Waals surface area contributed by atoms with Gasteiger partial charge in [0.1, 0.15) is 24.3 Å². The molecule has 0 atom stereocenters. The van der Waals surface area contributed by atoms with Gasteiger partial charge in [-0.2, -0.15) is 0 Å². The Bertz CT molecular complexity index is 884. The number of hydrogen-bond acceptors (Lipinski definition) is 7. The Balaban J connectivity index is 1.37. The van der Waals surface area contributed by atoms with Gasteiger partial charge in [-0.1, -0.05) is 0 Å². The van der Waals surface area contributed by atoms with Crippen LogP contribution in [0.25, 0.3) is 5.82 Å². The van der Waals surface area contributed by atoms with E-state index in [2.05, 4.69) is 30.2 Å². The summed E-state index contributed by atoms with van der Waals surface area (Å²) in [6.45, 7) is 3.50. The van der Waals surface area contributed by atoms with Crippen LogP contribution in [-0.2, 0) is 4.79 Å². The highest BCUT2D eigenvalue weighted by atomic mass is 32.1. The number of amides is 1. The second kappa shape index (κ2) is 7.20. The molecule has 1 saturated heterocycles. The molecular formula is C17H19N7OS. The summed E-state index contributed by atoms with van der Waals surface area (Å²) < 4.78 is 1.85. The number of aromatic nitrogens is 5. The highest BCUT2D eigenvalue weighted by molar-refractivity contribution is 7.13. The van der Waals surface area contributed by atoms with Crippen LogP contribution in [0.3, 0.4) is 0 Å². The zero-order chi connectivity index (χ0) is 17.9. The molecule has 134 valence electrons. The SMILES string of the molecule is Cc1csc(NC(=O)C2CCN(c3cc(-n4ccnc4)ncn3)CC2)n1. The highest BCUT2D eigenvalue weighted by Crippen LogP contribution is 2.24. The Labute approximate surface area is 155 Å². The molecule has 26 heavy (non-hydrogen) atoms. The van der Waals surface area contributed by atoms with E-state index in [1.165, 1.54) is 11.3 Å². The maximum atomic E-state index is 12.4. The van der Waals surface area contributed by atoms with E-state index in [0.717, 1.165) is 43.3 Å². The van der Waals surface area contributed by atoms with Crippen LogP contribution in [0.1, 0.15) is 18.5 Å². The molecule has 4 heterocycles. The maximum Gasteiger partial charge on any atom is 0.229 e. The average molecular weight is 369 g/mol. The molecule has 0 aliphatic carbocycles. The number of hydrogen-bond donors (Lipinski definition) is 1. The van der Waals surface area contributed by atoms with Gasteiger partial charge in [0.2, 0.25) is 5.91 Å². The van der Waals surface area contributed by atoms with Crippen LogP contribution in [0, 0.1) is 12.8 Å². The summed E-state index contributed by atoms with van der Waals surface area (Å²) in [4.78, 5) is 31.6. The topological polar surface area (TPSA) is 88.8 Å². The Morgan fingerprint density at radius 3 is 2.77 bits per heavy atom. The second-order valence-electron chi connectivity index (χ2n) is 6.25. The fourth-order valence-electron chi connectivity index (χ4n) is 3.04. The minimum absolute atomic E-state index is 0.00501. The zero-order valence-electron chi connectivity index (χ0n) is 14.4. The van der Waals surface area contributed by atoms with Gasteiger partial charge in [0.05, 0.1) is 5.69 Å². The Morgan fingerprint density at radius 1 is 1.27 bits per heavy atom. The van der Waals surface area contributed by atoms with Crippen LogP contribution in [-0.4, -0.2) is 43.5 Å². The van der Waals surface area contributed by atoms with Crippen LogP contribution >= 0.6 is 11.3 Å². The van der Waals surface area contributed by atoms with Gasteiger partial charge < -0.3 is 10.2 Å². The lowest BCUT2D eigenvalue weighted by molar-refractivity contribution is -0.120. The van der Waals surface area contributed by atoms with E-state index < -0.39 is 0 Å². The predicted molar refractivity (Wildman–Crippen MR) is 99.6 cm³/mol. The van der Waals surface area contributed by atoms with Crippen molar-refractivity contribution in [3.05, 3.63) is 42.2 Å². The molecule has 1 fully saturated rings. The predicted octanol–water partition coefficient (Wildman–Crippen LogP) is 2.28. The fraction of sp³-hybridized carbons (Fsp3) is 0.353. The monoisotopic (exact) mass is 369 g/mol. The second-order valence-corrected chi connectivity index (χ2v) is 7.11. The van der Waals surface area contributed by atoms with Crippen molar-refractivity contribution in [1.82, 2.24) is 24.5 Å². The quantitative estimate of drug-likeness (QED) is 0.759. The summed E-state index contributed by atoms with van der Waals surface area (Å²) in [5.41, 5.74) is 0.928. The lowest BCUT2D eigenvalue weighted by atomic mass is 9.96. The molecule has 0 saturated carbocycles. The number of imidazole rings is 1. The normalized spacial score (nSPS) is 15.2. The van der Waals surface area contributed by atoms with Gasteiger partial charge in [-0.15, -0.1) is 11.3 Å². The van der Waals surface area contributed by atoms with E-state index >= 15 is 0 Å². The van der Waals surface area contributed by atoms with Crippen molar-refractivity contribution in [2.45, 2.75) is 19.8 Å². The first-order valence-corrected chi connectivity index (χ1v) is 9.35. The summed E-state index contributed by atoms with van der Waals surface area (Å²) in [5.74, 6) is 1.72. The number of thiazole rings is 1. The number of rotatable bonds is 4. The molecule has 0 spiro atoms. The Kier molecular flexibility index (Phi) is 4.61. The van der Waals surface area contributed by atoms with E-state index in [1.54, 1.807) is 18.9 Å². The number of carbonyl (C=O) groups excluding carboxylic acids is 1. The lowest BCUT2D eigenvalue weighted by Gasteiger charge is -2.32. The molecule has 9 heteroatoms. The number of piperidine rings is 1. The summed E-state index contributed by atoms with van der Waals surface area (Å²) in [6, 6.07) is 1.94. The van der Waals surface area contributed by atoms with Crippen molar-refractivity contribution in [2.24, 2.45) is 5.92 Å². The molecule has 1 amide bonds. The van der Waals surface area contributed by atoms with Crippen molar-refractivity contribution >= 4 is 28.2 Å². The molecule has 8 nitrogen and oxygen atoms in total. The van der Waals surface area contributed by atoms with Crippen molar-refractivity contribution in [2.75, 3.05) is 23.3 Å². The van der Waals surface area contributed by atoms with Gasteiger partial charge in [-0.05, 0) is 19.8 Å². The lowest BCUT2D eigenvalue weighted by Crippen LogP contribution is -2.38. The molecule has 0 unspecified atom stereocenters. The molecule has 0 radical (unpaired) electrons. The maximum absolute atomic E-state index is 12.4. The summed E-state index contributed by atoms with van der Waals surface area (Å²) >= 11 is 1.46. The van der Waals surface area contributed by atoms with Crippen LogP contribution in [0.15, 0.2) is 36.5 Å². The average Bonchev–Trinajstić information content (AvgIpc) is 3.34. The molecule has 4 rings (SSSR count). The van der Waals surface area contributed by atoms with Crippen molar-refractivity contribution in [3.8, 4) is 5.82 Å². The number of anilines is 2. The summed E-state index contributed by atoms with van der Waals surface area (Å²) in [5, 5.41) is 5.54. The van der Waals surface area contributed by atoms with Crippen molar-refractivity contribution in [3.63, 3.8) is 0 Å². The van der Waals surface area contributed by atoms with Crippen molar-refractivity contribution in [1.29, 1.82) is 0 Å². The molecule has 1 aliphatic rings. The molecule has 1 aliphatic heterocycles. The highest BCUT2D eigenvalue weighted by Gasteiger charge is 2.26. The number of aryl methyl sites for hydroxylation is 1. The molecular weight excluding hydrogens is 350 g/mol.